The minimum Gasteiger partial charge on any atom is -0.497 e. The van der Waals surface area contributed by atoms with E-state index in [0.29, 0.717) is 36.9 Å². The summed E-state index contributed by atoms with van der Waals surface area (Å²) in [5.74, 6) is 1.60. The molecule has 4 rings (SSSR count). The van der Waals surface area contributed by atoms with E-state index in [-0.39, 0.29) is 24.4 Å². The Hall–Kier alpha value is -3.32. The van der Waals surface area contributed by atoms with Crippen LogP contribution in [0.1, 0.15) is 59.1 Å². The average molecular weight is 507 g/mol. The molecular formula is C29H34N2O4S. The van der Waals surface area contributed by atoms with Crippen LogP contribution < -0.4 is 9.47 Å². The molecule has 1 aliphatic heterocycles. The number of ether oxygens (including phenoxy) is 2. The number of fused-ring (bicyclic) bond motifs is 1. The summed E-state index contributed by atoms with van der Waals surface area (Å²) < 4.78 is 11.4. The van der Waals surface area contributed by atoms with Crippen molar-refractivity contribution in [3.05, 3.63) is 81.5 Å². The van der Waals surface area contributed by atoms with Gasteiger partial charge >= 0.3 is 0 Å². The SMILES string of the molecule is CCN(CC(=O)N1CCc2sccc2C1COc1ccc(C(C)C)cc1)C(=O)c1cccc(OC)c1. The van der Waals surface area contributed by atoms with Crippen LogP contribution in [0.15, 0.2) is 60.0 Å². The molecule has 1 unspecified atom stereocenters. The highest BCUT2D eigenvalue weighted by atomic mass is 32.1. The quantitative estimate of drug-likeness (QED) is 0.382. The van der Waals surface area contributed by atoms with Gasteiger partial charge in [-0.1, -0.05) is 32.0 Å². The number of carbonyl (C=O) groups excluding carboxylic acids is 2. The largest absolute Gasteiger partial charge is 0.497 e. The molecule has 6 nitrogen and oxygen atoms in total. The minimum atomic E-state index is -0.192. The van der Waals surface area contributed by atoms with Gasteiger partial charge in [0.1, 0.15) is 24.7 Å². The van der Waals surface area contributed by atoms with Crippen molar-refractivity contribution in [1.29, 1.82) is 0 Å². The number of nitrogens with zero attached hydrogens (tertiary/aromatic N) is 2. The first kappa shape index (κ1) is 25.8. The van der Waals surface area contributed by atoms with Gasteiger partial charge in [-0.25, -0.2) is 0 Å². The molecule has 0 spiro atoms. The monoisotopic (exact) mass is 506 g/mol. The van der Waals surface area contributed by atoms with Gasteiger partial charge in [-0.2, -0.15) is 0 Å². The molecule has 0 N–H and O–H groups in total. The number of hydrogen-bond donors (Lipinski definition) is 0. The Labute approximate surface area is 217 Å². The van der Waals surface area contributed by atoms with Crippen molar-refractivity contribution < 1.29 is 19.1 Å². The van der Waals surface area contributed by atoms with E-state index in [2.05, 4.69) is 37.4 Å². The lowest BCUT2D eigenvalue weighted by atomic mass is 10.00. The van der Waals surface area contributed by atoms with Gasteiger partial charge in [0.2, 0.25) is 5.91 Å². The lowest BCUT2D eigenvalue weighted by molar-refractivity contribution is -0.135. The highest BCUT2D eigenvalue weighted by Gasteiger charge is 2.33. The summed E-state index contributed by atoms with van der Waals surface area (Å²) >= 11 is 1.72. The maximum Gasteiger partial charge on any atom is 0.254 e. The number of carbonyl (C=O) groups is 2. The van der Waals surface area contributed by atoms with E-state index in [0.717, 1.165) is 17.7 Å². The number of amides is 2. The number of rotatable bonds is 9. The maximum absolute atomic E-state index is 13.6. The first-order chi connectivity index (χ1) is 17.4. The number of likely N-dealkylation sites (N-methyl/N-ethyl adjacent to an activating group) is 1. The molecular weight excluding hydrogens is 472 g/mol. The number of hydrogen-bond acceptors (Lipinski definition) is 5. The molecule has 0 saturated heterocycles. The van der Waals surface area contributed by atoms with Crippen LogP contribution in [0.2, 0.25) is 0 Å². The topological polar surface area (TPSA) is 59.1 Å². The van der Waals surface area contributed by atoms with E-state index in [9.17, 15) is 9.59 Å². The average Bonchev–Trinajstić information content (AvgIpc) is 3.39. The molecule has 1 aliphatic rings. The fourth-order valence-electron chi connectivity index (χ4n) is 4.52. The van der Waals surface area contributed by atoms with Crippen molar-refractivity contribution in [3.63, 3.8) is 0 Å². The summed E-state index contributed by atoms with van der Waals surface area (Å²) in [6.45, 7) is 7.65. The van der Waals surface area contributed by atoms with Crippen LogP contribution in [-0.2, 0) is 11.2 Å². The summed E-state index contributed by atoms with van der Waals surface area (Å²) in [6.07, 6.45) is 0.814. The van der Waals surface area contributed by atoms with Gasteiger partial charge in [0.05, 0.1) is 13.2 Å². The van der Waals surface area contributed by atoms with Gasteiger partial charge in [-0.05, 0) is 72.2 Å². The third kappa shape index (κ3) is 5.73. The molecule has 3 aromatic rings. The van der Waals surface area contributed by atoms with Gasteiger partial charge in [-0.3, -0.25) is 9.59 Å². The van der Waals surface area contributed by atoms with E-state index < -0.39 is 0 Å². The van der Waals surface area contributed by atoms with E-state index in [1.807, 2.05) is 24.0 Å². The molecule has 2 heterocycles. The molecule has 2 aromatic carbocycles. The van der Waals surface area contributed by atoms with Crippen LogP contribution in [0.5, 0.6) is 11.5 Å². The normalized spacial score (nSPS) is 14.9. The first-order valence-electron chi connectivity index (χ1n) is 12.4. The molecule has 0 radical (unpaired) electrons. The zero-order chi connectivity index (χ0) is 25.7. The van der Waals surface area contributed by atoms with Crippen molar-refractivity contribution in [2.75, 3.05) is 33.4 Å². The second-order valence-corrected chi connectivity index (χ2v) is 10.2. The van der Waals surface area contributed by atoms with Crippen molar-refractivity contribution in [3.8, 4) is 11.5 Å². The van der Waals surface area contributed by atoms with Crippen LogP contribution in [0, 0.1) is 0 Å². The summed E-state index contributed by atoms with van der Waals surface area (Å²) in [6, 6.07) is 17.1. The third-order valence-corrected chi connectivity index (χ3v) is 7.68. The molecule has 2 amide bonds. The van der Waals surface area contributed by atoms with E-state index >= 15 is 0 Å². The Balaban J connectivity index is 1.49. The Morgan fingerprint density at radius 1 is 1.11 bits per heavy atom. The fourth-order valence-corrected chi connectivity index (χ4v) is 5.45. The summed E-state index contributed by atoms with van der Waals surface area (Å²) in [5.41, 5.74) is 2.91. The Kier molecular flexibility index (Phi) is 8.31. The molecule has 0 aliphatic carbocycles. The number of benzene rings is 2. The molecule has 1 aromatic heterocycles. The number of thiophene rings is 1. The summed E-state index contributed by atoms with van der Waals surface area (Å²) in [4.78, 5) is 31.5. The van der Waals surface area contributed by atoms with E-state index in [1.165, 1.54) is 10.4 Å². The maximum atomic E-state index is 13.6. The lowest BCUT2D eigenvalue weighted by Gasteiger charge is -2.37. The van der Waals surface area contributed by atoms with Crippen molar-refractivity contribution in [2.45, 2.75) is 39.2 Å². The Morgan fingerprint density at radius 3 is 2.58 bits per heavy atom. The number of methoxy groups -OCH3 is 1. The van der Waals surface area contributed by atoms with Crippen LogP contribution in [0.4, 0.5) is 0 Å². The zero-order valence-electron chi connectivity index (χ0n) is 21.4. The highest BCUT2D eigenvalue weighted by molar-refractivity contribution is 7.10. The summed E-state index contributed by atoms with van der Waals surface area (Å²) in [5, 5.41) is 2.08. The predicted octanol–water partition coefficient (Wildman–Crippen LogP) is 5.55. The van der Waals surface area contributed by atoms with Crippen molar-refractivity contribution in [1.82, 2.24) is 9.80 Å². The van der Waals surface area contributed by atoms with Crippen LogP contribution in [0.3, 0.4) is 0 Å². The molecule has 36 heavy (non-hydrogen) atoms. The molecule has 0 bridgehead atoms. The van der Waals surface area contributed by atoms with Crippen molar-refractivity contribution >= 4 is 23.2 Å². The molecule has 0 saturated carbocycles. The van der Waals surface area contributed by atoms with E-state index in [1.54, 1.807) is 47.6 Å². The smallest absolute Gasteiger partial charge is 0.254 e. The summed E-state index contributed by atoms with van der Waals surface area (Å²) in [7, 11) is 1.57. The van der Waals surface area contributed by atoms with Gasteiger partial charge in [0.15, 0.2) is 0 Å². The zero-order valence-corrected chi connectivity index (χ0v) is 22.2. The second-order valence-electron chi connectivity index (χ2n) is 9.24. The lowest BCUT2D eigenvalue weighted by Crippen LogP contribution is -2.47. The third-order valence-electron chi connectivity index (χ3n) is 6.68. The first-order valence-corrected chi connectivity index (χ1v) is 13.3. The molecule has 0 fully saturated rings. The Bertz CT molecular complexity index is 1190. The fraction of sp³-hybridized carbons (Fsp3) is 0.379. The van der Waals surface area contributed by atoms with Crippen LogP contribution >= 0.6 is 11.3 Å². The molecule has 7 heteroatoms. The predicted molar refractivity (Wildman–Crippen MR) is 143 cm³/mol. The molecule has 190 valence electrons. The van der Waals surface area contributed by atoms with Crippen LogP contribution in [-0.4, -0.2) is 55.0 Å². The van der Waals surface area contributed by atoms with Gasteiger partial charge < -0.3 is 19.3 Å². The second kappa shape index (κ2) is 11.6. The minimum absolute atomic E-state index is 0.0194. The highest BCUT2D eigenvalue weighted by Crippen LogP contribution is 2.34. The van der Waals surface area contributed by atoms with Gasteiger partial charge in [0, 0.05) is 23.5 Å². The van der Waals surface area contributed by atoms with Gasteiger partial charge in [-0.15, -0.1) is 11.3 Å². The van der Waals surface area contributed by atoms with Gasteiger partial charge in [0.25, 0.3) is 5.91 Å². The molecule has 1 atom stereocenters. The van der Waals surface area contributed by atoms with E-state index in [4.69, 9.17) is 9.47 Å². The van der Waals surface area contributed by atoms with Crippen molar-refractivity contribution in [2.24, 2.45) is 0 Å². The van der Waals surface area contributed by atoms with Crippen LogP contribution in [0.25, 0.3) is 0 Å². The Morgan fingerprint density at radius 2 is 1.89 bits per heavy atom. The standard InChI is InChI=1S/C29H34N2O4S/c1-5-30(29(33)22-7-6-8-24(17-22)34-4)18-28(32)31-15-13-27-25(14-16-36-27)26(31)19-35-23-11-9-21(10-12-23)20(2)3/h6-12,14,16-17,20,26H,5,13,15,18-19H2,1-4H3.